The van der Waals surface area contributed by atoms with Gasteiger partial charge in [-0.25, -0.2) is 0 Å². The van der Waals surface area contributed by atoms with Gasteiger partial charge in [0.1, 0.15) is 0 Å². The highest BCUT2D eigenvalue weighted by atomic mass is 79.9. The van der Waals surface area contributed by atoms with Crippen molar-refractivity contribution in [1.82, 2.24) is 0 Å². The fourth-order valence-corrected chi connectivity index (χ4v) is 1.41. The topological polar surface area (TPSA) is 0 Å². The van der Waals surface area contributed by atoms with Crippen LogP contribution in [0.25, 0.3) is 0 Å². The third kappa shape index (κ3) is 1.95. The van der Waals surface area contributed by atoms with Crippen LogP contribution < -0.4 is 0 Å². The fourth-order valence-electron chi connectivity index (χ4n) is 0.718. The molecule has 0 radical (unpaired) electrons. The van der Waals surface area contributed by atoms with Crippen LogP contribution in [0.1, 0.15) is 10.0 Å². The predicted molar refractivity (Wildman–Crippen MR) is 48.0 cm³/mol. The van der Waals surface area contributed by atoms with Gasteiger partial charge in [0.2, 0.25) is 0 Å². The van der Waals surface area contributed by atoms with Crippen molar-refractivity contribution in [3.8, 4) is 0 Å². The second-order valence-electron chi connectivity index (χ2n) is 2.03. The number of rotatable bonds is 1. The first-order valence-corrected chi connectivity index (χ1v) is 5.07. The van der Waals surface area contributed by atoms with Crippen LogP contribution in [0.2, 0.25) is 0 Å². The van der Waals surface area contributed by atoms with E-state index < -0.39 is 0 Å². The monoisotopic (exact) mass is 200 g/mol. The Hall–Kier alpha value is -0.0831. The molecule has 1 aromatic carbocycles. The van der Waals surface area contributed by atoms with E-state index in [4.69, 9.17) is 0 Å². The SMILES string of the molecule is [SiH3]C(Br)c1ccccc1. The third-order valence-electron chi connectivity index (χ3n) is 1.26. The summed E-state index contributed by atoms with van der Waals surface area (Å²) >= 11 is 3.54. The molecule has 0 heterocycles. The van der Waals surface area contributed by atoms with Crippen LogP contribution in [-0.4, -0.2) is 10.2 Å². The summed E-state index contributed by atoms with van der Waals surface area (Å²) in [5.74, 6) is 0. The minimum Gasteiger partial charge on any atom is -0.0886 e. The lowest BCUT2D eigenvalue weighted by atomic mass is 10.2. The van der Waals surface area contributed by atoms with E-state index in [1.54, 1.807) is 0 Å². The maximum atomic E-state index is 3.54. The summed E-state index contributed by atoms with van der Waals surface area (Å²) in [4.78, 5) is 0. The number of benzene rings is 1. The zero-order valence-corrected chi connectivity index (χ0v) is 8.93. The molecule has 0 aliphatic heterocycles. The standard InChI is InChI=1S/C7H9BrSi/c8-7(9)6-4-2-1-3-5-6/h1-5,7H,9H3. The summed E-state index contributed by atoms with van der Waals surface area (Å²) in [6, 6.07) is 10.5. The lowest BCUT2D eigenvalue weighted by Gasteiger charge is -1.99. The number of hydrogen-bond acceptors (Lipinski definition) is 0. The van der Waals surface area contributed by atoms with Gasteiger partial charge < -0.3 is 0 Å². The van der Waals surface area contributed by atoms with Gasteiger partial charge in [0.15, 0.2) is 0 Å². The van der Waals surface area contributed by atoms with Gasteiger partial charge in [0, 0.05) is 14.7 Å². The van der Waals surface area contributed by atoms with Crippen molar-refractivity contribution in [3.05, 3.63) is 35.9 Å². The average Bonchev–Trinajstić information content (AvgIpc) is 1.90. The van der Waals surface area contributed by atoms with Crippen LogP contribution in [0.15, 0.2) is 30.3 Å². The molecule has 2 heteroatoms. The molecular formula is C7H9BrSi. The lowest BCUT2D eigenvalue weighted by molar-refractivity contribution is 1.39. The molecule has 1 atom stereocenters. The Labute approximate surface area is 66.8 Å². The smallest absolute Gasteiger partial charge is 0.0257 e. The molecule has 48 valence electrons. The highest BCUT2D eigenvalue weighted by molar-refractivity contribution is 9.09. The van der Waals surface area contributed by atoms with E-state index in [-0.39, 0.29) is 0 Å². The largest absolute Gasteiger partial charge is 0.0886 e. The van der Waals surface area contributed by atoms with Crippen molar-refractivity contribution in [2.75, 3.05) is 0 Å². The van der Waals surface area contributed by atoms with Crippen molar-refractivity contribution >= 4 is 26.2 Å². The second kappa shape index (κ2) is 3.18. The molecule has 0 saturated carbocycles. The summed E-state index contributed by atoms with van der Waals surface area (Å²) in [5.41, 5.74) is 1.39. The minimum absolute atomic E-state index is 0.610. The minimum atomic E-state index is 0.610. The molecule has 0 spiro atoms. The van der Waals surface area contributed by atoms with Crippen LogP contribution in [-0.2, 0) is 0 Å². The van der Waals surface area contributed by atoms with Crippen LogP contribution in [0.3, 0.4) is 0 Å². The molecule has 0 fully saturated rings. The summed E-state index contributed by atoms with van der Waals surface area (Å²) in [6.07, 6.45) is 0. The third-order valence-corrected chi connectivity index (χ3v) is 2.45. The maximum absolute atomic E-state index is 3.54. The van der Waals surface area contributed by atoms with E-state index in [2.05, 4.69) is 40.2 Å². The summed E-state index contributed by atoms with van der Waals surface area (Å²) < 4.78 is 0.610. The van der Waals surface area contributed by atoms with Gasteiger partial charge in [0.05, 0.1) is 0 Å². The van der Waals surface area contributed by atoms with Crippen molar-refractivity contribution in [2.45, 2.75) is 4.45 Å². The quantitative estimate of drug-likeness (QED) is 0.476. The maximum Gasteiger partial charge on any atom is 0.0257 e. The Morgan fingerprint density at radius 2 is 1.78 bits per heavy atom. The van der Waals surface area contributed by atoms with E-state index in [1.807, 2.05) is 6.07 Å². The van der Waals surface area contributed by atoms with Crippen LogP contribution in [0.5, 0.6) is 0 Å². The molecule has 0 N–H and O–H groups in total. The second-order valence-corrected chi connectivity index (χ2v) is 6.25. The van der Waals surface area contributed by atoms with E-state index in [0.717, 1.165) is 0 Å². The Bertz CT molecular complexity index is 172. The van der Waals surface area contributed by atoms with Crippen LogP contribution in [0, 0.1) is 0 Å². The normalized spacial score (nSPS) is 13.4. The number of halogens is 1. The van der Waals surface area contributed by atoms with E-state index in [0.29, 0.717) is 4.45 Å². The van der Waals surface area contributed by atoms with Crippen molar-refractivity contribution in [1.29, 1.82) is 0 Å². The van der Waals surface area contributed by atoms with Gasteiger partial charge in [-0.05, 0) is 5.56 Å². The molecule has 0 amide bonds. The van der Waals surface area contributed by atoms with Crippen LogP contribution in [0.4, 0.5) is 0 Å². The molecule has 1 rings (SSSR count). The Morgan fingerprint density at radius 3 is 2.11 bits per heavy atom. The Balaban J connectivity index is 2.85. The molecule has 0 nitrogen and oxygen atoms in total. The molecular weight excluding hydrogens is 192 g/mol. The first-order valence-electron chi connectivity index (χ1n) is 2.99. The molecule has 9 heavy (non-hydrogen) atoms. The molecule has 0 saturated heterocycles. The molecule has 0 aliphatic carbocycles. The van der Waals surface area contributed by atoms with Gasteiger partial charge in [-0.15, -0.1) is 0 Å². The molecule has 1 unspecified atom stereocenters. The van der Waals surface area contributed by atoms with Gasteiger partial charge in [0.25, 0.3) is 0 Å². The number of hydrogen-bond donors (Lipinski definition) is 0. The van der Waals surface area contributed by atoms with Crippen LogP contribution >= 0.6 is 15.9 Å². The van der Waals surface area contributed by atoms with E-state index >= 15 is 0 Å². The molecule has 0 aromatic heterocycles. The molecule has 0 aliphatic rings. The van der Waals surface area contributed by atoms with Crippen molar-refractivity contribution in [3.63, 3.8) is 0 Å². The van der Waals surface area contributed by atoms with Gasteiger partial charge >= 0.3 is 0 Å². The Morgan fingerprint density at radius 1 is 1.22 bits per heavy atom. The average molecular weight is 201 g/mol. The van der Waals surface area contributed by atoms with E-state index in [9.17, 15) is 0 Å². The fraction of sp³-hybridized carbons (Fsp3) is 0.143. The predicted octanol–water partition coefficient (Wildman–Crippen LogP) is 1.45. The summed E-state index contributed by atoms with van der Waals surface area (Å²) in [7, 11) is 1.17. The zero-order chi connectivity index (χ0) is 6.69. The van der Waals surface area contributed by atoms with Crippen molar-refractivity contribution in [2.24, 2.45) is 0 Å². The van der Waals surface area contributed by atoms with Crippen molar-refractivity contribution < 1.29 is 0 Å². The molecule has 0 bridgehead atoms. The number of alkyl halides is 1. The van der Waals surface area contributed by atoms with Gasteiger partial charge in [-0.2, -0.15) is 0 Å². The zero-order valence-electron chi connectivity index (χ0n) is 5.34. The first kappa shape index (κ1) is 7.03. The first-order chi connectivity index (χ1) is 4.30. The summed E-state index contributed by atoms with van der Waals surface area (Å²) in [6.45, 7) is 0. The highest BCUT2D eigenvalue weighted by Crippen LogP contribution is 2.16. The van der Waals surface area contributed by atoms with Gasteiger partial charge in [-0.1, -0.05) is 46.3 Å². The summed E-state index contributed by atoms with van der Waals surface area (Å²) in [5, 5.41) is 0. The van der Waals surface area contributed by atoms with Gasteiger partial charge in [-0.3, -0.25) is 0 Å². The lowest BCUT2D eigenvalue weighted by Crippen LogP contribution is -1.85. The van der Waals surface area contributed by atoms with E-state index in [1.165, 1.54) is 15.8 Å². The highest BCUT2D eigenvalue weighted by Gasteiger charge is 1.95. The molecule has 1 aromatic rings. The Kier molecular flexibility index (Phi) is 2.48.